The number of hydrazone groups is 1. The zero-order chi connectivity index (χ0) is 19.6. The third-order valence-corrected chi connectivity index (χ3v) is 4.97. The minimum absolute atomic E-state index is 0.0382. The van der Waals surface area contributed by atoms with Crippen molar-refractivity contribution in [1.29, 1.82) is 0 Å². The van der Waals surface area contributed by atoms with Crippen molar-refractivity contribution in [2.24, 2.45) is 5.10 Å². The summed E-state index contributed by atoms with van der Waals surface area (Å²) in [5.41, 5.74) is 4.94. The second kappa shape index (κ2) is 10.6. The molecule has 0 bridgehead atoms. The van der Waals surface area contributed by atoms with Gasteiger partial charge in [-0.25, -0.2) is 5.43 Å². The molecule has 0 aromatic heterocycles. The highest BCUT2D eigenvalue weighted by Crippen LogP contribution is 2.10. The molecular weight excluding hydrogens is 352 g/mol. The highest BCUT2D eigenvalue weighted by molar-refractivity contribution is 5.82. The molecule has 1 amide bonds. The van der Waals surface area contributed by atoms with Crippen molar-refractivity contribution in [2.75, 3.05) is 39.3 Å². The molecule has 0 aliphatic carbocycles. The van der Waals surface area contributed by atoms with Crippen LogP contribution in [0.3, 0.4) is 0 Å². The van der Waals surface area contributed by atoms with Crippen LogP contribution in [0.1, 0.15) is 18.1 Å². The summed E-state index contributed by atoms with van der Waals surface area (Å²) in [7, 11) is 0. The fourth-order valence-corrected chi connectivity index (χ4v) is 3.46. The molecule has 6 nitrogen and oxygen atoms in total. The van der Waals surface area contributed by atoms with E-state index in [2.05, 4.69) is 40.9 Å². The molecule has 28 heavy (non-hydrogen) atoms. The smallest absolute Gasteiger partial charge is 0.295 e. The Bertz CT molecular complexity index is 754. The number of nitrogens with zero attached hydrogens (tertiary/aromatic N) is 1. The Hall–Kier alpha value is -2.70. The molecule has 1 aliphatic heterocycles. The lowest BCUT2D eigenvalue weighted by atomic mass is 10.2. The van der Waals surface area contributed by atoms with E-state index in [1.807, 2.05) is 31.2 Å². The van der Waals surface area contributed by atoms with Crippen LogP contribution >= 0.6 is 0 Å². The monoisotopic (exact) mass is 382 g/mol. The minimum atomic E-state index is -0.0382. The van der Waals surface area contributed by atoms with Crippen LogP contribution in [0.5, 0.6) is 5.75 Å². The number of hydrogen-bond acceptors (Lipinski definition) is 3. The average Bonchev–Trinajstić information content (AvgIpc) is 2.72. The summed E-state index contributed by atoms with van der Waals surface area (Å²) in [5.74, 6) is 0.796. The van der Waals surface area contributed by atoms with Gasteiger partial charge in [-0.1, -0.05) is 30.3 Å². The first-order valence-electron chi connectivity index (χ1n) is 9.98. The normalized spacial score (nSPS) is 19.5. The summed E-state index contributed by atoms with van der Waals surface area (Å²) in [6, 6.07) is 18.2. The summed E-state index contributed by atoms with van der Waals surface area (Å²) in [5, 5.41) is 4.07. The Morgan fingerprint density at radius 3 is 2.39 bits per heavy atom. The highest BCUT2D eigenvalue weighted by atomic mass is 16.5. The molecule has 0 unspecified atom stereocenters. The van der Waals surface area contributed by atoms with Crippen molar-refractivity contribution in [3.63, 3.8) is 0 Å². The van der Waals surface area contributed by atoms with Gasteiger partial charge in [-0.15, -0.1) is 0 Å². The number of piperazine rings is 1. The van der Waals surface area contributed by atoms with Crippen LogP contribution in [0.15, 0.2) is 59.7 Å². The second-order valence-electron chi connectivity index (χ2n) is 7.13. The maximum atomic E-state index is 12.1. The fraction of sp³-hybridized carbons (Fsp3) is 0.364. The van der Waals surface area contributed by atoms with Crippen LogP contribution in [0, 0.1) is 0 Å². The first-order valence-corrected chi connectivity index (χ1v) is 9.98. The topological polar surface area (TPSA) is 59.6 Å². The van der Waals surface area contributed by atoms with Gasteiger partial charge in [-0.2, -0.15) is 5.10 Å². The number of quaternary nitrogens is 2. The van der Waals surface area contributed by atoms with Crippen LogP contribution in [-0.2, 0) is 11.3 Å². The van der Waals surface area contributed by atoms with Crippen molar-refractivity contribution in [1.82, 2.24) is 5.43 Å². The van der Waals surface area contributed by atoms with Crippen LogP contribution in [-0.4, -0.2) is 51.5 Å². The zero-order valence-electron chi connectivity index (χ0n) is 16.5. The van der Waals surface area contributed by atoms with E-state index < -0.39 is 0 Å². The fourth-order valence-electron chi connectivity index (χ4n) is 3.46. The molecule has 1 saturated heterocycles. The van der Waals surface area contributed by atoms with Gasteiger partial charge < -0.3 is 14.5 Å². The number of carbonyl (C=O) groups is 1. The van der Waals surface area contributed by atoms with Gasteiger partial charge >= 0.3 is 0 Å². The summed E-state index contributed by atoms with van der Waals surface area (Å²) in [6.45, 7) is 8.34. The van der Waals surface area contributed by atoms with E-state index in [0.29, 0.717) is 13.2 Å². The quantitative estimate of drug-likeness (QED) is 0.427. The zero-order valence-corrected chi connectivity index (χ0v) is 16.5. The SMILES string of the molecule is CCOc1ccc(/C=N\NC(=O)C[NH+]2CC[NH+](Cc3ccccc3)CC2)cc1. The first kappa shape index (κ1) is 20.0. The molecule has 0 radical (unpaired) electrons. The largest absolute Gasteiger partial charge is 0.494 e. The Balaban J connectivity index is 1.36. The average molecular weight is 383 g/mol. The van der Waals surface area contributed by atoms with Gasteiger partial charge in [-0.3, -0.25) is 4.79 Å². The van der Waals surface area contributed by atoms with Gasteiger partial charge in [0.25, 0.3) is 5.91 Å². The molecule has 0 spiro atoms. The number of amides is 1. The van der Waals surface area contributed by atoms with Crippen LogP contribution in [0.2, 0.25) is 0 Å². The predicted molar refractivity (Wildman–Crippen MR) is 110 cm³/mol. The molecule has 0 saturated carbocycles. The van der Waals surface area contributed by atoms with Gasteiger partial charge in [0, 0.05) is 5.56 Å². The number of rotatable bonds is 8. The molecule has 6 heteroatoms. The predicted octanol–water partition coefficient (Wildman–Crippen LogP) is -0.481. The lowest BCUT2D eigenvalue weighted by Crippen LogP contribution is -3.28. The number of carbonyl (C=O) groups excluding carboxylic acids is 1. The van der Waals surface area contributed by atoms with Crippen LogP contribution in [0.25, 0.3) is 0 Å². The molecule has 0 atom stereocenters. The molecule has 2 aromatic carbocycles. The van der Waals surface area contributed by atoms with E-state index in [9.17, 15) is 4.79 Å². The molecule has 1 fully saturated rings. The second-order valence-corrected chi connectivity index (χ2v) is 7.13. The first-order chi connectivity index (χ1) is 13.7. The third kappa shape index (κ3) is 6.48. The van der Waals surface area contributed by atoms with Crippen molar-refractivity contribution >= 4 is 12.1 Å². The molecular formula is C22H30N4O2+2. The van der Waals surface area contributed by atoms with Gasteiger partial charge in [0.05, 0.1) is 12.8 Å². The van der Waals surface area contributed by atoms with E-state index in [0.717, 1.165) is 44.0 Å². The summed E-state index contributed by atoms with van der Waals surface area (Å²) in [6.07, 6.45) is 1.66. The van der Waals surface area contributed by atoms with Gasteiger partial charge in [-0.05, 0) is 36.8 Å². The summed E-state index contributed by atoms with van der Waals surface area (Å²) < 4.78 is 5.41. The molecule has 3 rings (SSSR count). The lowest BCUT2D eigenvalue weighted by Gasteiger charge is -2.29. The Morgan fingerprint density at radius 1 is 1.04 bits per heavy atom. The molecule has 1 aliphatic rings. The van der Waals surface area contributed by atoms with E-state index in [-0.39, 0.29) is 5.91 Å². The molecule has 1 heterocycles. The van der Waals surface area contributed by atoms with Crippen LogP contribution in [0.4, 0.5) is 0 Å². The maximum Gasteiger partial charge on any atom is 0.295 e. The summed E-state index contributed by atoms with van der Waals surface area (Å²) >= 11 is 0. The highest BCUT2D eigenvalue weighted by Gasteiger charge is 2.24. The standard InChI is InChI=1S/C22H28N4O2/c1-2-28-21-10-8-19(9-11-21)16-23-24-22(27)18-26-14-12-25(13-15-26)17-20-6-4-3-5-7-20/h3-11,16H,2,12-15,17-18H2,1H3,(H,24,27)/p+2/b23-16-. The molecule has 3 N–H and O–H groups in total. The Labute approximate surface area is 166 Å². The van der Waals surface area contributed by atoms with E-state index >= 15 is 0 Å². The van der Waals surface area contributed by atoms with Crippen molar-refractivity contribution in [3.8, 4) is 5.75 Å². The summed E-state index contributed by atoms with van der Waals surface area (Å²) in [4.78, 5) is 15.1. The maximum absolute atomic E-state index is 12.1. The third-order valence-electron chi connectivity index (χ3n) is 4.97. The lowest BCUT2D eigenvalue weighted by molar-refractivity contribution is -1.02. The van der Waals surface area contributed by atoms with Gasteiger partial charge in [0.1, 0.15) is 38.5 Å². The van der Waals surface area contributed by atoms with Gasteiger partial charge in [0.2, 0.25) is 0 Å². The van der Waals surface area contributed by atoms with E-state index in [1.54, 1.807) is 11.1 Å². The number of nitrogens with one attached hydrogen (secondary N) is 3. The number of benzene rings is 2. The van der Waals surface area contributed by atoms with Crippen molar-refractivity contribution < 1.29 is 19.3 Å². The van der Waals surface area contributed by atoms with E-state index in [1.165, 1.54) is 10.5 Å². The van der Waals surface area contributed by atoms with E-state index in [4.69, 9.17) is 4.74 Å². The Morgan fingerprint density at radius 2 is 1.71 bits per heavy atom. The van der Waals surface area contributed by atoms with Crippen molar-refractivity contribution in [3.05, 3.63) is 65.7 Å². The number of ether oxygens (including phenoxy) is 1. The minimum Gasteiger partial charge on any atom is -0.494 e. The number of hydrogen-bond donors (Lipinski definition) is 3. The molecule has 148 valence electrons. The Kier molecular flexibility index (Phi) is 7.58. The van der Waals surface area contributed by atoms with Crippen molar-refractivity contribution in [2.45, 2.75) is 13.5 Å². The van der Waals surface area contributed by atoms with Gasteiger partial charge in [0.15, 0.2) is 6.54 Å². The molecule has 2 aromatic rings. The van der Waals surface area contributed by atoms with Crippen LogP contribution < -0.4 is 20.0 Å².